The van der Waals surface area contributed by atoms with Gasteiger partial charge in [0.05, 0.1) is 23.8 Å². The molecule has 0 saturated carbocycles. The summed E-state index contributed by atoms with van der Waals surface area (Å²) in [5.74, 6) is 1.24. The molecule has 3 N–H and O–H groups in total. The molecule has 0 spiro atoms. The number of hydrogen-bond donors (Lipinski definition) is 3. The molecule has 1 aliphatic rings. The van der Waals surface area contributed by atoms with Crippen LogP contribution in [-0.4, -0.2) is 37.7 Å². The quantitative estimate of drug-likeness (QED) is 0.464. The van der Waals surface area contributed by atoms with E-state index in [4.69, 9.17) is 9.15 Å². The van der Waals surface area contributed by atoms with Crippen LogP contribution in [-0.2, 0) is 23.0 Å². The van der Waals surface area contributed by atoms with Crippen LogP contribution in [0.3, 0.4) is 0 Å². The Kier molecular flexibility index (Phi) is 6.67. The predicted octanol–water partition coefficient (Wildman–Crippen LogP) is 2.17. The van der Waals surface area contributed by atoms with Gasteiger partial charge in [0.2, 0.25) is 10.0 Å². The van der Waals surface area contributed by atoms with Crippen LogP contribution in [0.25, 0.3) is 0 Å². The molecule has 0 unspecified atom stereocenters. The second-order valence-corrected chi connectivity index (χ2v) is 9.18. The monoisotopic (exact) mass is 443 g/mol. The number of fused-ring (bicyclic) bond motifs is 1. The molecule has 164 valence electrons. The van der Waals surface area contributed by atoms with Gasteiger partial charge in [-0.05, 0) is 54.8 Å². The standard InChI is InChI=1S/C22H25N3O5S/c26-21(17-3-1-9-23-12-17)15-24-13-19-6-5-16-11-20(7-8-22(16)30-19)31(27,28)25-14-18-4-2-10-29-18/h1-4,7-12,19,21,24-26H,5-6,13-15H2/t19-,21+/m1/s1. The molecule has 8 nitrogen and oxygen atoms in total. The molecule has 0 aliphatic carbocycles. The number of furan rings is 1. The van der Waals surface area contributed by atoms with Gasteiger partial charge in [-0.3, -0.25) is 4.98 Å². The van der Waals surface area contributed by atoms with Gasteiger partial charge in [0, 0.05) is 31.0 Å². The lowest BCUT2D eigenvalue weighted by molar-refractivity contribution is 0.146. The average Bonchev–Trinajstić information content (AvgIpc) is 3.32. The zero-order valence-corrected chi connectivity index (χ0v) is 17.7. The van der Waals surface area contributed by atoms with E-state index in [0.717, 1.165) is 17.5 Å². The van der Waals surface area contributed by atoms with Crippen molar-refractivity contribution >= 4 is 10.0 Å². The SMILES string of the molecule is O=S(=O)(NCc1ccco1)c1ccc2c(c1)CC[C@H](CNC[C@H](O)c1cccnc1)O2. The molecule has 3 heterocycles. The third-order valence-electron chi connectivity index (χ3n) is 5.17. The number of aromatic nitrogens is 1. The second-order valence-electron chi connectivity index (χ2n) is 7.41. The Morgan fingerprint density at radius 2 is 2.13 bits per heavy atom. The van der Waals surface area contributed by atoms with Crippen LogP contribution in [0.2, 0.25) is 0 Å². The molecule has 0 bridgehead atoms. The summed E-state index contributed by atoms with van der Waals surface area (Å²) >= 11 is 0. The molecule has 9 heteroatoms. The predicted molar refractivity (Wildman–Crippen MR) is 114 cm³/mol. The number of aliphatic hydroxyl groups excluding tert-OH is 1. The van der Waals surface area contributed by atoms with Crippen LogP contribution in [0.5, 0.6) is 5.75 Å². The van der Waals surface area contributed by atoms with Crippen molar-refractivity contribution in [3.63, 3.8) is 0 Å². The zero-order chi connectivity index (χ0) is 21.7. The lowest BCUT2D eigenvalue weighted by atomic mass is 10.0. The van der Waals surface area contributed by atoms with Crippen molar-refractivity contribution in [1.29, 1.82) is 0 Å². The van der Waals surface area contributed by atoms with Gasteiger partial charge in [0.1, 0.15) is 17.6 Å². The maximum atomic E-state index is 12.6. The summed E-state index contributed by atoms with van der Waals surface area (Å²) in [6.07, 6.45) is 5.61. The van der Waals surface area contributed by atoms with Gasteiger partial charge >= 0.3 is 0 Å². The Hall–Kier alpha value is -2.72. The van der Waals surface area contributed by atoms with Gasteiger partial charge in [-0.15, -0.1) is 0 Å². The van der Waals surface area contributed by atoms with Crippen LogP contribution in [0.1, 0.15) is 29.4 Å². The van der Waals surface area contributed by atoms with Crippen molar-refractivity contribution in [2.75, 3.05) is 13.1 Å². The molecular weight excluding hydrogens is 418 g/mol. The minimum Gasteiger partial charge on any atom is -0.489 e. The number of pyridine rings is 1. The van der Waals surface area contributed by atoms with Gasteiger partial charge in [0.15, 0.2) is 0 Å². The highest BCUT2D eigenvalue weighted by atomic mass is 32.2. The molecule has 2 atom stereocenters. The Balaban J connectivity index is 1.30. The molecular formula is C22H25N3O5S. The van der Waals surface area contributed by atoms with E-state index in [1.165, 1.54) is 6.26 Å². The molecule has 1 aliphatic heterocycles. The Bertz CT molecular complexity index is 1090. The summed E-state index contributed by atoms with van der Waals surface area (Å²) < 4.78 is 38.9. The topological polar surface area (TPSA) is 114 Å². The summed E-state index contributed by atoms with van der Waals surface area (Å²) in [7, 11) is -3.64. The van der Waals surface area contributed by atoms with Crippen molar-refractivity contribution in [3.8, 4) is 5.75 Å². The Morgan fingerprint density at radius 1 is 1.23 bits per heavy atom. The Morgan fingerprint density at radius 3 is 2.90 bits per heavy atom. The molecule has 4 rings (SSSR count). The fourth-order valence-electron chi connectivity index (χ4n) is 3.47. The van der Waals surface area contributed by atoms with E-state index in [2.05, 4.69) is 15.0 Å². The molecule has 0 amide bonds. The fourth-order valence-corrected chi connectivity index (χ4v) is 4.51. The highest BCUT2D eigenvalue weighted by Gasteiger charge is 2.23. The van der Waals surface area contributed by atoms with E-state index in [9.17, 15) is 13.5 Å². The van der Waals surface area contributed by atoms with Crippen molar-refractivity contribution in [2.45, 2.75) is 36.5 Å². The van der Waals surface area contributed by atoms with Crippen LogP contribution < -0.4 is 14.8 Å². The van der Waals surface area contributed by atoms with E-state index >= 15 is 0 Å². The lowest BCUT2D eigenvalue weighted by Gasteiger charge is -2.27. The summed E-state index contributed by atoms with van der Waals surface area (Å²) in [6.45, 7) is 1.08. The first kappa shape index (κ1) is 21.5. The first-order valence-corrected chi connectivity index (χ1v) is 11.6. The largest absolute Gasteiger partial charge is 0.489 e. The van der Waals surface area contributed by atoms with Crippen LogP contribution in [0.15, 0.2) is 70.4 Å². The molecule has 0 fully saturated rings. The summed E-state index contributed by atoms with van der Waals surface area (Å²) in [5.41, 5.74) is 1.63. The third-order valence-corrected chi connectivity index (χ3v) is 6.57. The number of rotatable bonds is 9. The Labute approximate surface area is 181 Å². The molecule has 0 radical (unpaired) electrons. The van der Waals surface area contributed by atoms with Crippen LogP contribution in [0, 0.1) is 0 Å². The van der Waals surface area contributed by atoms with Gasteiger partial charge in [-0.25, -0.2) is 13.1 Å². The van der Waals surface area contributed by atoms with Crippen LogP contribution in [0.4, 0.5) is 0 Å². The first-order chi connectivity index (χ1) is 15.0. The number of sulfonamides is 1. The highest BCUT2D eigenvalue weighted by Crippen LogP contribution is 2.29. The lowest BCUT2D eigenvalue weighted by Crippen LogP contribution is -2.36. The number of nitrogens with one attached hydrogen (secondary N) is 2. The molecule has 1 aromatic carbocycles. The smallest absolute Gasteiger partial charge is 0.240 e. The molecule has 0 saturated heterocycles. The number of aryl methyl sites for hydroxylation is 1. The molecule has 31 heavy (non-hydrogen) atoms. The number of ether oxygens (including phenoxy) is 1. The molecule has 2 aromatic heterocycles. The minimum atomic E-state index is -3.64. The zero-order valence-electron chi connectivity index (χ0n) is 16.9. The van der Waals surface area contributed by atoms with Gasteiger partial charge in [0.25, 0.3) is 0 Å². The summed E-state index contributed by atoms with van der Waals surface area (Å²) in [6, 6.07) is 12.0. The van der Waals surface area contributed by atoms with Crippen molar-refractivity contribution in [3.05, 3.63) is 78.0 Å². The fraction of sp³-hybridized carbons (Fsp3) is 0.318. The summed E-state index contributed by atoms with van der Waals surface area (Å²) in [4.78, 5) is 4.22. The van der Waals surface area contributed by atoms with E-state index in [1.54, 1.807) is 48.8 Å². The number of benzene rings is 1. The van der Waals surface area contributed by atoms with E-state index in [1.807, 2.05) is 6.07 Å². The van der Waals surface area contributed by atoms with Crippen LogP contribution >= 0.6 is 0 Å². The second kappa shape index (κ2) is 9.61. The first-order valence-electron chi connectivity index (χ1n) is 10.1. The summed E-state index contributed by atoms with van der Waals surface area (Å²) in [5, 5.41) is 13.4. The normalized spacial score (nSPS) is 17.0. The van der Waals surface area contributed by atoms with Crippen molar-refractivity contribution < 1.29 is 22.7 Å². The van der Waals surface area contributed by atoms with E-state index in [-0.39, 0.29) is 17.5 Å². The number of hydrogen-bond acceptors (Lipinski definition) is 7. The van der Waals surface area contributed by atoms with E-state index < -0.39 is 16.1 Å². The van der Waals surface area contributed by atoms with Gasteiger partial charge in [-0.2, -0.15) is 0 Å². The van der Waals surface area contributed by atoms with E-state index in [0.29, 0.717) is 31.0 Å². The average molecular weight is 444 g/mol. The van der Waals surface area contributed by atoms with Gasteiger partial charge < -0.3 is 19.6 Å². The maximum absolute atomic E-state index is 12.6. The van der Waals surface area contributed by atoms with Gasteiger partial charge in [-0.1, -0.05) is 6.07 Å². The van der Waals surface area contributed by atoms with Crippen molar-refractivity contribution in [2.24, 2.45) is 0 Å². The van der Waals surface area contributed by atoms with Crippen molar-refractivity contribution in [1.82, 2.24) is 15.0 Å². The maximum Gasteiger partial charge on any atom is 0.240 e. The molecule has 3 aromatic rings. The number of aliphatic hydroxyl groups is 1. The number of nitrogens with zero attached hydrogens (tertiary/aromatic N) is 1. The minimum absolute atomic E-state index is 0.0480. The third kappa shape index (κ3) is 5.50. The highest BCUT2D eigenvalue weighted by molar-refractivity contribution is 7.89.